The van der Waals surface area contributed by atoms with Gasteiger partial charge in [0.1, 0.15) is 0 Å². The van der Waals surface area contributed by atoms with Gasteiger partial charge >= 0.3 is 0 Å². The number of pyridine rings is 1. The first-order chi connectivity index (χ1) is 18.5. The Balaban J connectivity index is 1.49. The highest BCUT2D eigenvalue weighted by molar-refractivity contribution is 5.81. The maximum Gasteiger partial charge on any atom is 0.252 e. The van der Waals surface area contributed by atoms with Gasteiger partial charge in [-0.25, -0.2) is 4.68 Å². The molecular formula is C31H34N6O. The summed E-state index contributed by atoms with van der Waals surface area (Å²) in [6.45, 7) is 8.16. The van der Waals surface area contributed by atoms with Crippen molar-refractivity contribution >= 4 is 10.9 Å². The monoisotopic (exact) mass is 506 g/mol. The number of para-hydroxylation sites is 1. The van der Waals surface area contributed by atoms with Crippen LogP contribution in [0.5, 0.6) is 0 Å². The van der Waals surface area contributed by atoms with Crippen molar-refractivity contribution in [3.8, 4) is 0 Å². The number of benzene rings is 3. The lowest BCUT2D eigenvalue weighted by Gasteiger charge is -2.30. The van der Waals surface area contributed by atoms with E-state index < -0.39 is 0 Å². The number of hydrogen-bond acceptors (Lipinski definition) is 5. The van der Waals surface area contributed by atoms with E-state index in [0.29, 0.717) is 13.1 Å². The molecule has 0 bridgehead atoms. The van der Waals surface area contributed by atoms with Gasteiger partial charge in [0.2, 0.25) is 0 Å². The van der Waals surface area contributed by atoms with Gasteiger partial charge in [0.15, 0.2) is 5.82 Å². The molecule has 2 heterocycles. The van der Waals surface area contributed by atoms with Gasteiger partial charge in [0.05, 0.1) is 18.1 Å². The van der Waals surface area contributed by atoms with Gasteiger partial charge in [-0.3, -0.25) is 9.69 Å². The fourth-order valence-electron chi connectivity index (χ4n) is 5.17. The van der Waals surface area contributed by atoms with Crippen LogP contribution < -0.4 is 5.56 Å². The third-order valence-electron chi connectivity index (χ3n) is 7.17. The van der Waals surface area contributed by atoms with Crippen molar-refractivity contribution in [2.75, 3.05) is 6.54 Å². The average molecular weight is 507 g/mol. The Kier molecular flexibility index (Phi) is 7.75. The van der Waals surface area contributed by atoms with E-state index in [4.69, 9.17) is 0 Å². The predicted molar refractivity (Wildman–Crippen MR) is 151 cm³/mol. The molecule has 0 radical (unpaired) electrons. The Morgan fingerprint density at radius 3 is 2.53 bits per heavy atom. The molecule has 1 atom stereocenters. The molecule has 7 nitrogen and oxygen atoms in total. The minimum absolute atomic E-state index is 0.0499. The van der Waals surface area contributed by atoms with E-state index in [1.54, 1.807) is 0 Å². The summed E-state index contributed by atoms with van der Waals surface area (Å²) >= 11 is 0. The van der Waals surface area contributed by atoms with E-state index in [-0.39, 0.29) is 11.6 Å². The second-order valence-electron chi connectivity index (χ2n) is 9.98. The number of nitrogens with one attached hydrogen (secondary N) is 1. The van der Waals surface area contributed by atoms with Crippen molar-refractivity contribution in [2.24, 2.45) is 0 Å². The number of fused-ring (bicyclic) bond motifs is 1. The van der Waals surface area contributed by atoms with Crippen LogP contribution >= 0.6 is 0 Å². The lowest BCUT2D eigenvalue weighted by Crippen LogP contribution is -2.34. The van der Waals surface area contributed by atoms with Crippen LogP contribution in [0.25, 0.3) is 10.9 Å². The minimum Gasteiger partial charge on any atom is -0.321 e. The Hall–Kier alpha value is -4.10. The summed E-state index contributed by atoms with van der Waals surface area (Å²) in [5.74, 6) is 0.814. The van der Waals surface area contributed by atoms with Gasteiger partial charge in [-0.1, -0.05) is 85.3 Å². The smallest absolute Gasteiger partial charge is 0.252 e. The summed E-state index contributed by atoms with van der Waals surface area (Å²) in [5, 5.41) is 13.9. The standard InChI is InChI=1S/C31H34N6O/c1-4-28(30-33-34-35-37(30)20-25-12-6-5-7-13-25)36(17-16-24-14-8-10-22(2)18-24)21-27-19-26-15-9-11-23(3)29(26)32-31(27)38/h5-15,18-19,28H,4,16-17,20-21H2,1-3H3,(H,32,38)/t28-/m1/s1. The van der Waals surface area contributed by atoms with E-state index >= 15 is 0 Å². The number of H-pyrrole nitrogens is 1. The van der Waals surface area contributed by atoms with Crippen molar-refractivity contribution in [1.82, 2.24) is 30.1 Å². The Morgan fingerprint density at radius 1 is 0.947 bits per heavy atom. The van der Waals surface area contributed by atoms with E-state index in [1.807, 2.05) is 48.0 Å². The normalized spacial score (nSPS) is 12.3. The number of tetrazole rings is 1. The summed E-state index contributed by atoms with van der Waals surface area (Å²) in [5.41, 5.74) is 6.31. The Bertz CT molecular complexity index is 1570. The van der Waals surface area contributed by atoms with Crippen LogP contribution in [0.4, 0.5) is 0 Å². The molecule has 0 aliphatic rings. The van der Waals surface area contributed by atoms with Crippen molar-refractivity contribution in [2.45, 2.75) is 52.7 Å². The summed E-state index contributed by atoms with van der Waals surface area (Å²) in [6, 6.07) is 26.9. The second kappa shape index (κ2) is 11.5. The lowest BCUT2D eigenvalue weighted by atomic mass is 10.0. The molecule has 0 saturated carbocycles. The van der Waals surface area contributed by atoms with E-state index in [2.05, 4.69) is 81.7 Å². The minimum atomic E-state index is -0.0499. The van der Waals surface area contributed by atoms with Crippen LogP contribution in [0.1, 0.15) is 53.0 Å². The van der Waals surface area contributed by atoms with Gasteiger partial charge in [-0.2, -0.15) is 0 Å². The first-order valence-electron chi connectivity index (χ1n) is 13.2. The van der Waals surface area contributed by atoms with Gasteiger partial charge in [-0.05, 0) is 65.3 Å². The maximum atomic E-state index is 13.2. The summed E-state index contributed by atoms with van der Waals surface area (Å²) < 4.78 is 1.89. The van der Waals surface area contributed by atoms with Crippen LogP contribution in [-0.4, -0.2) is 36.6 Å². The highest BCUT2D eigenvalue weighted by atomic mass is 16.1. The quantitative estimate of drug-likeness (QED) is 0.275. The zero-order valence-corrected chi connectivity index (χ0v) is 22.3. The summed E-state index contributed by atoms with van der Waals surface area (Å²) in [4.78, 5) is 18.7. The molecule has 0 fully saturated rings. The molecule has 2 aromatic heterocycles. The number of rotatable bonds is 10. The molecule has 3 aromatic carbocycles. The van der Waals surface area contributed by atoms with Gasteiger partial charge in [0.25, 0.3) is 5.56 Å². The number of aromatic nitrogens is 5. The van der Waals surface area contributed by atoms with Crippen LogP contribution in [0.2, 0.25) is 0 Å². The van der Waals surface area contributed by atoms with Gasteiger partial charge in [-0.15, -0.1) is 5.10 Å². The zero-order valence-electron chi connectivity index (χ0n) is 22.3. The Morgan fingerprint density at radius 2 is 1.74 bits per heavy atom. The van der Waals surface area contributed by atoms with Crippen molar-refractivity contribution in [3.05, 3.63) is 123 Å². The largest absolute Gasteiger partial charge is 0.321 e. The van der Waals surface area contributed by atoms with Gasteiger partial charge < -0.3 is 4.98 Å². The average Bonchev–Trinajstić information content (AvgIpc) is 3.37. The highest BCUT2D eigenvalue weighted by Gasteiger charge is 2.26. The Labute approximate surface area is 223 Å². The number of hydrogen-bond donors (Lipinski definition) is 1. The molecule has 5 rings (SSSR count). The number of nitrogens with zero attached hydrogens (tertiary/aromatic N) is 5. The van der Waals surface area contributed by atoms with Crippen molar-refractivity contribution < 1.29 is 0 Å². The predicted octanol–water partition coefficient (Wildman–Crippen LogP) is 5.38. The fourth-order valence-corrected chi connectivity index (χ4v) is 5.17. The fraction of sp³-hybridized carbons (Fsp3) is 0.290. The van der Waals surface area contributed by atoms with Crippen LogP contribution in [0.3, 0.4) is 0 Å². The highest BCUT2D eigenvalue weighted by Crippen LogP contribution is 2.26. The second-order valence-corrected chi connectivity index (χ2v) is 9.98. The first-order valence-corrected chi connectivity index (χ1v) is 13.2. The first kappa shape index (κ1) is 25.5. The topological polar surface area (TPSA) is 79.7 Å². The summed E-state index contributed by atoms with van der Waals surface area (Å²) in [6.07, 6.45) is 1.68. The third kappa shape index (κ3) is 5.73. The number of aromatic amines is 1. The van der Waals surface area contributed by atoms with Gasteiger partial charge in [0, 0.05) is 18.7 Å². The third-order valence-corrected chi connectivity index (χ3v) is 7.17. The van der Waals surface area contributed by atoms with E-state index in [9.17, 15) is 4.79 Å². The molecule has 194 valence electrons. The summed E-state index contributed by atoms with van der Waals surface area (Å²) in [7, 11) is 0. The molecule has 0 spiro atoms. The molecule has 0 aliphatic heterocycles. The molecule has 0 aliphatic carbocycles. The van der Waals surface area contributed by atoms with Crippen molar-refractivity contribution in [1.29, 1.82) is 0 Å². The molecule has 0 saturated heterocycles. The lowest BCUT2D eigenvalue weighted by molar-refractivity contribution is 0.172. The molecule has 5 aromatic rings. The van der Waals surface area contributed by atoms with Crippen LogP contribution in [0.15, 0.2) is 83.7 Å². The number of aryl methyl sites for hydroxylation is 2. The van der Waals surface area contributed by atoms with Crippen LogP contribution in [-0.2, 0) is 19.5 Å². The molecule has 38 heavy (non-hydrogen) atoms. The molecule has 0 unspecified atom stereocenters. The van der Waals surface area contributed by atoms with Crippen molar-refractivity contribution in [3.63, 3.8) is 0 Å². The molecular weight excluding hydrogens is 472 g/mol. The van der Waals surface area contributed by atoms with E-state index in [0.717, 1.165) is 52.8 Å². The molecule has 0 amide bonds. The maximum absolute atomic E-state index is 13.2. The zero-order chi connectivity index (χ0) is 26.5. The van der Waals surface area contributed by atoms with E-state index in [1.165, 1.54) is 11.1 Å². The molecule has 1 N–H and O–H groups in total. The van der Waals surface area contributed by atoms with Crippen LogP contribution in [0, 0.1) is 13.8 Å². The SMILES string of the molecule is CC[C@H](c1nnnn1Cc1ccccc1)N(CCc1cccc(C)c1)Cc1cc2cccc(C)c2[nH]c1=O. The molecule has 7 heteroatoms.